The van der Waals surface area contributed by atoms with Gasteiger partial charge in [0.1, 0.15) is 5.82 Å². The van der Waals surface area contributed by atoms with E-state index in [0.717, 1.165) is 30.5 Å². The van der Waals surface area contributed by atoms with E-state index < -0.39 is 0 Å². The number of aromatic nitrogens is 1. The minimum Gasteiger partial charge on any atom is -0.335 e. The minimum absolute atomic E-state index is 0.00314. The number of rotatable bonds is 4. The van der Waals surface area contributed by atoms with Crippen LogP contribution in [0.1, 0.15) is 35.1 Å². The average Bonchev–Trinajstić information content (AvgIpc) is 2.72. The largest absolute Gasteiger partial charge is 0.335 e. The molecule has 2 aliphatic heterocycles. The summed E-state index contributed by atoms with van der Waals surface area (Å²) in [6.07, 6.45) is 10.3. The minimum atomic E-state index is 0.00314. The lowest BCUT2D eigenvalue weighted by atomic mass is 9.98. The normalized spacial score (nSPS) is 16.4. The Morgan fingerprint density at radius 2 is 2.14 bits per heavy atom. The molecule has 0 fully saturated rings. The van der Waals surface area contributed by atoms with Crippen LogP contribution in [0.15, 0.2) is 54.3 Å². The first-order valence-corrected chi connectivity index (χ1v) is 10.1. The van der Waals surface area contributed by atoms with Gasteiger partial charge in [0.05, 0.1) is 0 Å². The summed E-state index contributed by atoms with van der Waals surface area (Å²) in [4.78, 5) is 30.1. The summed E-state index contributed by atoms with van der Waals surface area (Å²) in [7, 11) is 0. The molecule has 1 aromatic heterocycles. The van der Waals surface area contributed by atoms with Crippen LogP contribution in [0.2, 0.25) is 0 Å². The van der Waals surface area contributed by atoms with Crippen LogP contribution in [0.5, 0.6) is 0 Å². The fraction of sp³-hybridized carbons (Fsp3) is 0.292. The highest BCUT2D eigenvalue weighted by Crippen LogP contribution is 2.22. The van der Waals surface area contributed by atoms with Gasteiger partial charge in [-0.25, -0.2) is 4.98 Å². The monoisotopic (exact) mass is 387 g/mol. The zero-order valence-electron chi connectivity index (χ0n) is 16.6. The number of hydrogen-bond acceptors (Lipinski definition) is 3. The maximum atomic E-state index is 12.5. The van der Waals surface area contributed by atoms with Crippen molar-refractivity contribution in [2.75, 3.05) is 18.4 Å². The number of carbonyl (C=O) groups excluding carboxylic acids is 2. The second-order valence-corrected chi connectivity index (χ2v) is 7.72. The van der Waals surface area contributed by atoms with E-state index in [1.165, 1.54) is 16.7 Å². The molecule has 3 heterocycles. The van der Waals surface area contributed by atoms with Gasteiger partial charge in [0, 0.05) is 31.8 Å². The molecule has 2 amide bonds. The van der Waals surface area contributed by atoms with E-state index in [1.807, 2.05) is 11.0 Å². The topological polar surface area (TPSA) is 62.3 Å². The van der Waals surface area contributed by atoms with Crippen LogP contribution in [0.3, 0.4) is 0 Å². The van der Waals surface area contributed by atoms with Gasteiger partial charge in [-0.1, -0.05) is 41.5 Å². The Bertz CT molecular complexity index is 1010. The lowest BCUT2D eigenvalue weighted by Gasteiger charge is -2.25. The first kappa shape index (κ1) is 19.1. The molecule has 2 aromatic rings. The highest BCUT2D eigenvalue weighted by atomic mass is 16.2. The van der Waals surface area contributed by atoms with E-state index in [0.29, 0.717) is 25.2 Å². The fourth-order valence-corrected chi connectivity index (χ4v) is 3.79. The van der Waals surface area contributed by atoms with E-state index in [1.54, 1.807) is 18.3 Å². The van der Waals surface area contributed by atoms with Gasteiger partial charge in [-0.05, 0) is 55.0 Å². The number of amides is 2. The van der Waals surface area contributed by atoms with Crippen molar-refractivity contribution in [2.45, 2.75) is 32.6 Å². The lowest BCUT2D eigenvalue weighted by Crippen LogP contribution is -2.33. The van der Waals surface area contributed by atoms with Crippen molar-refractivity contribution >= 4 is 23.7 Å². The number of aryl methyl sites for hydroxylation is 2. The Labute approximate surface area is 171 Å². The molecule has 1 aromatic carbocycles. The SMILES string of the molecule is Cc1cccc(CC2=CCN(C(=O)C=Cc3cnc4c(c3)CCC(=O)N4)CC2)c1. The quantitative estimate of drug-likeness (QED) is 0.643. The third-order valence-corrected chi connectivity index (χ3v) is 5.41. The molecule has 5 nitrogen and oxygen atoms in total. The number of anilines is 1. The van der Waals surface area contributed by atoms with Crippen LogP contribution < -0.4 is 5.32 Å². The molecule has 0 atom stereocenters. The number of hydrogen-bond donors (Lipinski definition) is 1. The smallest absolute Gasteiger partial charge is 0.246 e. The second-order valence-electron chi connectivity index (χ2n) is 7.72. The first-order valence-electron chi connectivity index (χ1n) is 10.1. The summed E-state index contributed by atoms with van der Waals surface area (Å²) in [6, 6.07) is 10.6. The fourth-order valence-electron chi connectivity index (χ4n) is 3.79. The molecule has 0 aliphatic carbocycles. The molecule has 4 rings (SSSR count). The zero-order chi connectivity index (χ0) is 20.2. The van der Waals surface area contributed by atoms with Crippen LogP contribution >= 0.6 is 0 Å². The van der Waals surface area contributed by atoms with Gasteiger partial charge in [-0.15, -0.1) is 0 Å². The standard InChI is InChI=1S/C24H25N3O2/c1-17-3-2-4-19(13-17)14-18-9-11-27(12-10-18)23(29)8-5-20-15-21-6-7-22(28)26-24(21)25-16-20/h2-5,8-9,13,15-16H,6-7,10-12,14H2,1H3,(H,25,26,28). The third-order valence-electron chi connectivity index (χ3n) is 5.41. The average molecular weight is 387 g/mol. The Hall–Kier alpha value is -3.21. The predicted octanol–water partition coefficient (Wildman–Crippen LogP) is 3.69. The highest BCUT2D eigenvalue weighted by Gasteiger charge is 2.17. The van der Waals surface area contributed by atoms with Gasteiger partial charge >= 0.3 is 0 Å². The molecule has 0 spiro atoms. The van der Waals surface area contributed by atoms with Gasteiger partial charge < -0.3 is 10.2 Å². The molecule has 29 heavy (non-hydrogen) atoms. The molecule has 2 aliphatic rings. The number of carbonyl (C=O) groups is 2. The molecule has 0 radical (unpaired) electrons. The lowest BCUT2D eigenvalue weighted by molar-refractivity contribution is -0.125. The summed E-state index contributed by atoms with van der Waals surface area (Å²) < 4.78 is 0. The Balaban J connectivity index is 1.35. The van der Waals surface area contributed by atoms with Crippen LogP contribution in [-0.4, -0.2) is 34.8 Å². The molecule has 148 valence electrons. The van der Waals surface area contributed by atoms with Crippen molar-refractivity contribution in [1.82, 2.24) is 9.88 Å². The summed E-state index contributed by atoms with van der Waals surface area (Å²) in [5, 5.41) is 2.77. The second kappa shape index (κ2) is 8.43. The summed E-state index contributed by atoms with van der Waals surface area (Å²) in [5.74, 6) is 0.650. The molecule has 0 bridgehead atoms. The number of nitrogens with one attached hydrogen (secondary N) is 1. The Morgan fingerprint density at radius 3 is 2.93 bits per heavy atom. The molecule has 0 saturated carbocycles. The van der Waals surface area contributed by atoms with E-state index in [9.17, 15) is 9.59 Å². The molecular formula is C24H25N3O2. The maximum absolute atomic E-state index is 12.5. The predicted molar refractivity (Wildman–Crippen MR) is 114 cm³/mol. The number of benzene rings is 1. The maximum Gasteiger partial charge on any atom is 0.246 e. The number of fused-ring (bicyclic) bond motifs is 1. The van der Waals surface area contributed by atoms with E-state index >= 15 is 0 Å². The molecule has 0 saturated heterocycles. The summed E-state index contributed by atoms with van der Waals surface area (Å²) in [6.45, 7) is 3.51. The van der Waals surface area contributed by atoms with Crippen LogP contribution in [0, 0.1) is 6.92 Å². The Kier molecular flexibility index (Phi) is 5.56. The highest BCUT2D eigenvalue weighted by molar-refractivity contribution is 5.94. The Morgan fingerprint density at radius 1 is 1.24 bits per heavy atom. The summed E-state index contributed by atoms with van der Waals surface area (Å²) >= 11 is 0. The van der Waals surface area contributed by atoms with E-state index in [-0.39, 0.29) is 11.8 Å². The zero-order valence-corrected chi connectivity index (χ0v) is 16.6. The summed E-state index contributed by atoms with van der Waals surface area (Å²) in [5.41, 5.74) is 5.89. The van der Waals surface area contributed by atoms with Gasteiger partial charge in [0.15, 0.2) is 0 Å². The third kappa shape index (κ3) is 4.80. The number of nitrogens with zero attached hydrogens (tertiary/aromatic N) is 2. The van der Waals surface area contributed by atoms with Crippen molar-refractivity contribution < 1.29 is 9.59 Å². The number of pyridine rings is 1. The first-order chi connectivity index (χ1) is 14.1. The van der Waals surface area contributed by atoms with Crippen molar-refractivity contribution in [3.05, 3.63) is 76.5 Å². The van der Waals surface area contributed by atoms with Gasteiger partial charge in [-0.2, -0.15) is 0 Å². The van der Waals surface area contributed by atoms with Crippen LogP contribution in [-0.2, 0) is 22.4 Å². The van der Waals surface area contributed by atoms with Gasteiger partial charge in [0.25, 0.3) is 0 Å². The van der Waals surface area contributed by atoms with Crippen molar-refractivity contribution in [3.8, 4) is 0 Å². The van der Waals surface area contributed by atoms with Crippen LogP contribution in [0.4, 0.5) is 5.82 Å². The van der Waals surface area contributed by atoms with E-state index in [2.05, 4.69) is 47.6 Å². The van der Waals surface area contributed by atoms with E-state index in [4.69, 9.17) is 0 Å². The van der Waals surface area contributed by atoms with Crippen molar-refractivity contribution in [3.63, 3.8) is 0 Å². The molecular weight excluding hydrogens is 362 g/mol. The van der Waals surface area contributed by atoms with Crippen molar-refractivity contribution in [1.29, 1.82) is 0 Å². The van der Waals surface area contributed by atoms with Gasteiger partial charge in [-0.3, -0.25) is 9.59 Å². The molecule has 5 heteroatoms. The molecule has 0 unspecified atom stereocenters. The van der Waals surface area contributed by atoms with Gasteiger partial charge in [0.2, 0.25) is 11.8 Å². The van der Waals surface area contributed by atoms with Crippen LogP contribution in [0.25, 0.3) is 6.08 Å². The van der Waals surface area contributed by atoms with Crippen molar-refractivity contribution in [2.24, 2.45) is 0 Å². The molecule has 1 N–H and O–H groups in total.